The Bertz CT molecular complexity index is 692. The second-order valence-electron chi connectivity index (χ2n) is 7.32. The average Bonchev–Trinajstić information content (AvgIpc) is 2.75. The summed E-state index contributed by atoms with van der Waals surface area (Å²) in [5, 5.41) is 12.0. The first-order valence-electron chi connectivity index (χ1n) is 9.94. The van der Waals surface area contributed by atoms with Crippen molar-refractivity contribution in [1.29, 1.82) is 0 Å². The largest absolute Gasteiger partial charge is 0.367 e. The van der Waals surface area contributed by atoms with Gasteiger partial charge in [-0.05, 0) is 12.6 Å². The zero-order valence-corrected chi connectivity index (χ0v) is 17.3. The Hall–Kier alpha value is -1.85. The molecule has 2 aliphatic rings. The van der Waals surface area contributed by atoms with E-state index in [2.05, 4.69) is 42.8 Å². The summed E-state index contributed by atoms with van der Waals surface area (Å²) in [5.74, 6) is -1.28. The van der Waals surface area contributed by atoms with E-state index >= 15 is 0 Å². The fourth-order valence-electron chi connectivity index (χ4n) is 3.76. The Labute approximate surface area is 175 Å². The van der Waals surface area contributed by atoms with Crippen molar-refractivity contribution in [2.75, 3.05) is 56.0 Å². The van der Waals surface area contributed by atoms with E-state index in [1.807, 2.05) is 6.07 Å². The number of nitrogens with one attached hydrogen (secondary N) is 3. The smallest absolute Gasteiger partial charge is 0.234 e. The molecule has 5 N–H and O–H groups in total. The van der Waals surface area contributed by atoms with Gasteiger partial charge in [-0.3, -0.25) is 20.4 Å². The summed E-state index contributed by atoms with van der Waals surface area (Å²) in [5.41, 5.74) is 7.36. The highest BCUT2D eigenvalue weighted by molar-refractivity contribution is 6.21. The van der Waals surface area contributed by atoms with E-state index in [9.17, 15) is 9.70 Å². The molecule has 1 aromatic heterocycles. The van der Waals surface area contributed by atoms with Gasteiger partial charge >= 0.3 is 0 Å². The minimum absolute atomic E-state index is 0.0953. The van der Waals surface area contributed by atoms with Crippen LogP contribution in [0.5, 0.6) is 0 Å². The van der Waals surface area contributed by atoms with E-state index in [0.717, 1.165) is 38.4 Å². The summed E-state index contributed by atoms with van der Waals surface area (Å²) < 4.78 is 0. The molecule has 3 rings (SSSR count). The number of hydrogen-bond donors (Lipinski definition) is 4. The minimum atomic E-state index is -1.19. The van der Waals surface area contributed by atoms with Gasteiger partial charge in [0.25, 0.3) is 0 Å². The number of alkyl halides is 1. The van der Waals surface area contributed by atoms with Crippen molar-refractivity contribution in [3.63, 3.8) is 0 Å². The Morgan fingerprint density at radius 3 is 2.69 bits per heavy atom. The molecule has 1 aromatic rings. The van der Waals surface area contributed by atoms with Crippen LogP contribution < -0.4 is 26.6 Å². The van der Waals surface area contributed by atoms with Crippen molar-refractivity contribution in [2.45, 2.75) is 24.6 Å². The van der Waals surface area contributed by atoms with Gasteiger partial charge in [0.05, 0.1) is 29.1 Å². The predicted molar refractivity (Wildman–Crippen MR) is 114 cm³/mol. The Morgan fingerprint density at radius 2 is 2.07 bits per heavy atom. The fraction of sp³-hybridized carbons (Fsp3) is 0.667. The second kappa shape index (κ2) is 10.3. The van der Waals surface area contributed by atoms with Crippen LogP contribution in [0.3, 0.4) is 0 Å². The van der Waals surface area contributed by atoms with Gasteiger partial charge < -0.3 is 20.9 Å². The predicted octanol–water partition coefficient (Wildman–Crippen LogP) is -0.0443. The van der Waals surface area contributed by atoms with E-state index in [1.165, 1.54) is 0 Å². The minimum Gasteiger partial charge on any atom is -0.367 e. The van der Waals surface area contributed by atoms with Crippen molar-refractivity contribution in [3.05, 3.63) is 23.4 Å². The summed E-state index contributed by atoms with van der Waals surface area (Å²) in [6.07, 6.45) is 1.64. The van der Waals surface area contributed by atoms with Gasteiger partial charge in [0.1, 0.15) is 5.92 Å². The van der Waals surface area contributed by atoms with Crippen molar-refractivity contribution >= 4 is 28.9 Å². The van der Waals surface area contributed by atoms with Crippen LogP contribution in [0.4, 0.5) is 11.4 Å². The highest BCUT2D eigenvalue weighted by atomic mass is 35.5. The lowest BCUT2D eigenvalue weighted by Gasteiger charge is -2.37. The van der Waals surface area contributed by atoms with E-state index in [-0.39, 0.29) is 5.38 Å². The molecule has 2 atom stereocenters. The Balaban J connectivity index is 1.74. The SMILES string of the molecule is CCN1CCN(c2ccncc2NC(=O)C(C(N)N=O)C2NCC(Cl)CN2)CC1. The molecule has 0 aliphatic carbocycles. The molecule has 0 bridgehead atoms. The molecule has 2 unspecified atom stereocenters. The van der Waals surface area contributed by atoms with Crippen molar-refractivity contribution < 1.29 is 4.79 Å². The number of rotatable bonds is 7. The summed E-state index contributed by atoms with van der Waals surface area (Å²) in [7, 11) is 0. The number of anilines is 2. The number of carbonyl (C=O) groups is 1. The number of amides is 1. The van der Waals surface area contributed by atoms with Crippen LogP contribution in [-0.2, 0) is 4.79 Å². The van der Waals surface area contributed by atoms with Crippen LogP contribution >= 0.6 is 11.6 Å². The number of nitrogens with two attached hydrogens (primary N) is 1. The number of nitrogens with zero attached hydrogens (tertiary/aromatic N) is 4. The first-order valence-corrected chi connectivity index (χ1v) is 10.4. The molecule has 3 heterocycles. The number of hydrogen-bond acceptors (Lipinski definition) is 9. The number of nitroso groups, excluding NO2 is 1. The van der Waals surface area contributed by atoms with Gasteiger partial charge in [0, 0.05) is 45.5 Å². The Kier molecular flexibility index (Phi) is 7.73. The molecule has 11 heteroatoms. The maximum Gasteiger partial charge on any atom is 0.234 e. The summed E-state index contributed by atoms with van der Waals surface area (Å²) in [4.78, 5) is 33.0. The van der Waals surface area contributed by atoms with Crippen LogP contribution in [0, 0.1) is 10.8 Å². The van der Waals surface area contributed by atoms with Crippen LogP contribution in [0.25, 0.3) is 0 Å². The monoisotopic (exact) mass is 424 g/mol. The first kappa shape index (κ1) is 21.8. The number of aromatic nitrogens is 1. The van der Waals surface area contributed by atoms with Crippen LogP contribution in [0.2, 0.25) is 0 Å². The summed E-state index contributed by atoms with van der Waals surface area (Å²) >= 11 is 6.08. The number of halogens is 1. The number of likely N-dealkylation sites (N-methyl/N-ethyl adjacent to an activating group) is 1. The zero-order valence-electron chi connectivity index (χ0n) is 16.6. The molecule has 2 fully saturated rings. The molecule has 0 spiro atoms. The molecule has 1 amide bonds. The van der Waals surface area contributed by atoms with Crippen molar-refractivity contribution in [1.82, 2.24) is 20.5 Å². The van der Waals surface area contributed by atoms with Gasteiger partial charge in [-0.1, -0.05) is 12.1 Å². The first-order chi connectivity index (χ1) is 14.0. The van der Waals surface area contributed by atoms with Crippen LogP contribution in [-0.4, -0.2) is 79.3 Å². The summed E-state index contributed by atoms with van der Waals surface area (Å²) in [6.45, 7) is 7.84. The molecular formula is C18H29ClN8O2. The molecule has 0 saturated carbocycles. The quantitative estimate of drug-likeness (QED) is 0.354. The zero-order chi connectivity index (χ0) is 20.8. The molecule has 160 valence electrons. The second-order valence-corrected chi connectivity index (χ2v) is 7.93. The number of pyridine rings is 1. The molecule has 29 heavy (non-hydrogen) atoms. The molecule has 2 saturated heterocycles. The highest BCUT2D eigenvalue weighted by Gasteiger charge is 2.37. The third-order valence-electron chi connectivity index (χ3n) is 5.49. The third-order valence-corrected chi connectivity index (χ3v) is 5.79. The molecule has 0 radical (unpaired) electrons. The van der Waals surface area contributed by atoms with Crippen LogP contribution in [0.1, 0.15) is 6.92 Å². The van der Waals surface area contributed by atoms with Gasteiger partial charge in [-0.2, -0.15) is 0 Å². The summed E-state index contributed by atoms with van der Waals surface area (Å²) in [6, 6.07) is 1.89. The number of piperazine rings is 1. The van der Waals surface area contributed by atoms with Gasteiger partial charge in [0.2, 0.25) is 5.91 Å². The highest BCUT2D eigenvalue weighted by Crippen LogP contribution is 2.27. The molecule has 2 aliphatic heterocycles. The van der Waals surface area contributed by atoms with E-state index < -0.39 is 24.2 Å². The maximum atomic E-state index is 13.1. The lowest BCUT2D eigenvalue weighted by Crippen LogP contribution is -2.62. The normalized spacial score (nSPS) is 25.3. The van der Waals surface area contributed by atoms with E-state index in [0.29, 0.717) is 18.8 Å². The molecule has 0 aromatic carbocycles. The number of carbonyl (C=O) groups excluding carboxylic acids is 1. The van der Waals surface area contributed by atoms with Gasteiger partial charge in [0.15, 0.2) is 6.17 Å². The van der Waals surface area contributed by atoms with Gasteiger partial charge in [-0.15, -0.1) is 16.5 Å². The van der Waals surface area contributed by atoms with Crippen molar-refractivity contribution in [2.24, 2.45) is 16.8 Å². The molecule has 10 nitrogen and oxygen atoms in total. The van der Waals surface area contributed by atoms with E-state index in [4.69, 9.17) is 17.3 Å². The van der Waals surface area contributed by atoms with Gasteiger partial charge in [-0.25, -0.2) is 0 Å². The fourth-order valence-corrected chi connectivity index (χ4v) is 3.94. The lowest BCUT2D eigenvalue weighted by molar-refractivity contribution is -0.121. The third kappa shape index (κ3) is 5.40. The topological polar surface area (TPSA) is 128 Å². The lowest BCUT2D eigenvalue weighted by atomic mass is 9.99. The maximum absolute atomic E-state index is 13.1. The average molecular weight is 425 g/mol. The Morgan fingerprint density at radius 1 is 1.38 bits per heavy atom. The van der Waals surface area contributed by atoms with Crippen LogP contribution in [0.15, 0.2) is 23.6 Å². The van der Waals surface area contributed by atoms with E-state index in [1.54, 1.807) is 12.4 Å². The standard InChI is InChI=1S/C18H29ClN8O2/c1-2-26-5-7-27(8-6-26)14-3-4-21-11-13(14)24-18(28)15(16(20)25-29)17-22-9-12(19)10-23-17/h3-4,11-12,15-17,22-23H,2,5-10,20H2,1H3,(H,24,28). The van der Waals surface area contributed by atoms with Crippen molar-refractivity contribution in [3.8, 4) is 0 Å². The molecular weight excluding hydrogens is 396 g/mol.